The summed E-state index contributed by atoms with van der Waals surface area (Å²) >= 11 is 0. The second-order valence-electron chi connectivity index (χ2n) is 7.10. The summed E-state index contributed by atoms with van der Waals surface area (Å²) in [5.74, 6) is 1.86. The second-order valence-corrected chi connectivity index (χ2v) is 7.10. The van der Waals surface area contributed by atoms with Crippen LogP contribution >= 0.6 is 24.0 Å². The molecular formula is C20H29FIN5O. The first-order chi connectivity index (χ1) is 13.1. The highest BCUT2D eigenvalue weighted by Crippen LogP contribution is 2.27. The Morgan fingerprint density at radius 1 is 1.39 bits per heavy atom. The van der Waals surface area contributed by atoms with Gasteiger partial charge in [0.1, 0.15) is 17.7 Å². The van der Waals surface area contributed by atoms with Crippen LogP contribution in [0.2, 0.25) is 0 Å². The van der Waals surface area contributed by atoms with Gasteiger partial charge in [0.2, 0.25) is 0 Å². The molecule has 154 valence electrons. The molecule has 28 heavy (non-hydrogen) atoms. The minimum atomic E-state index is -0.264. The van der Waals surface area contributed by atoms with Crippen molar-refractivity contribution in [3.63, 3.8) is 0 Å². The highest BCUT2D eigenvalue weighted by molar-refractivity contribution is 14.0. The summed E-state index contributed by atoms with van der Waals surface area (Å²) in [7, 11) is 1.80. The molecule has 3 unspecified atom stereocenters. The SMILES string of the molecule is CN=C(NCC(C)Oc1ccc(F)cc1)N1CCC(C)C(n2ccnc2)C1.I. The zero-order chi connectivity index (χ0) is 19.2. The predicted octanol–water partition coefficient (Wildman–Crippen LogP) is 3.57. The maximum absolute atomic E-state index is 13.0. The second kappa shape index (κ2) is 10.6. The molecular weight excluding hydrogens is 472 g/mol. The predicted molar refractivity (Wildman–Crippen MR) is 120 cm³/mol. The summed E-state index contributed by atoms with van der Waals surface area (Å²) in [6, 6.07) is 6.47. The van der Waals surface area contributed by atoms with Gasteiger partial charge in [0, 0.05) is 32.5 Å². The van der Waals surface area contributed by atoms with Crippen LogP contribution in [0.25, 0.3) is 0 Å². The van der Waals surface area contributed by atoms with Crippen LogP contribution in [-0.4, -0.2) is 53.2 Å². The van der Waals surface area contributed by atoms with Gasteiger partial charge in [-0.1, -0.05) is 6.92 Å². The van der Waals surface area contributed by atoms with E-state index < -0.39 is 0 Å². The lowest BCUT2D eigenvalue weighted by molar-refractivity contribution is 0.184. The molecule has 0 amide bonds. The summed E-state index contributed by atoms with van der Waals surface area (Å²) < 4.78 is 21.0. The quantitative estimate of drug-likeness (QED) is 0.387. The molecule has 1 fully saturated rings. The molecule has 3 rings (SSSR count). The summed E-state index contributed by atoms with van der Waals surface area (Å²) in [5, 5.41) is 3.40. The van der Waals surface area contributed by atoms with E-state index in [4.69, 9.17) is 4.74 Å². The smallest absolute Gasteiger partial charge is 0.193 e. The molecule has 2 aromatic rings. The zero-order valence-corrected chi connectivity index (χ0v) is 18.9. The van der Waals surface area contributed by atoms with Gasteiger partial charge in [0.25, 0.3) is 0 Å². The van der Waals surface area contributed by atoms with Gasteiger partial charge >= 0.3 is 0 Å². The molecule has 0 radical (unpaired) electrons. The molecule has 1 aromatic heterocycles. The minimum absolute atomic E-state index is 0. The lowest BCUT2D eigenvalue weighted by Crippen LogP contribution is -2.50. The Labute approximate surface area is 183 Å². The number of ether oxygens (including phenoxy) is 1. The summed E-state index contributed by atoms with van der Waals surface area (Å²) in [6.45, 7) is 6.75. The average Bonchev–Trinajstić information content (AvgIpc) is 3.20. The van der Waals surface area contributed by atoms with Crippen LogP contribution in [0, 0.1) is 11.7 Å². The van der Waals surface area contributed by atoms with Gasteiger partial charge in [0.05, 0.1) is 18.9 Å². The lowest BCUT2D eigenvalue weighted by atomic mass is 9.93. The Morgan fingerprint density at radius 3 is 2.79 bits per heavy atom. The van der Waals surface area contributed by atoms with Crippen LogP contribution in [0.4, 0.5) is 4.39 Å². The van der Waals surface area contributed by atoms with Gasteiger partial charge in [-0.3, -0.25) is 4.99 Å². The normalized spacial score (nSPS) is 21.0. The van der Waals surface area contributed by atoms with Crippen molar-refractivity contribution in [2.45, 2.75) is 32.4 Å². The number of halogens is 2. The monoisotopic (exact) mass is 501 g/mol. The third kappa shape index (κ3) is 5.83. The van der Waals surface area contributed by atoms with E-state index in [0.717, 1.165) is 25.5 Å². The first kappa shape index (κ1) is 22.4. The maximum atomic E-state index is 13.0. The van der Waals surface area contributed by atoms with E-state index in [1.54, 1.807) is 19.2 Å². The Bertz CT molecular complexity index is 738. The number of likely N-dealkylation sites (tertiary alicyclic amines) is 1. The first-order valence-corrected chi connectivity index (χ1v) is 9.42. The third-order valence-corrected chi connectivity index (χ3v) is 5.04. The number of nitrogens with zero attached hydrogens (tertiary/aromatic N) is 4. The van der Waals surface area contributed by atoms with E-state index in [0.29, 0.717) is 24.3 Å². The molecule has 1 aliphatic heterocycles. The van der Waals surface area contributed by atoms with Crippen molar-refractivity contribution in [2.75, 3.05) is 26.7 Å². The molecule has 1 saturated heterocycles. The molecule has 1 aromatic carbocycles. The highest BCUT2D eigenvalue weighted by atomic mass is 127. The molecule has 1 N–H and O–H groups in total. The van der Waals surface area contributed by atoms with Crippen molar-refractivity contribution >= 4 is 29.9 Å². The van der Waals surface area contributed by atoms with Crippen LogP contribution in [0.3, 0.4) is 0 Å². The molecule has 0 saturated carbocycles. The van der Waals surface area contributed by atoms with Gasteiger partial charge in [0.15, 0.2) is 5.96 Å². The van der Waals surface area contributed by atoms with Crippen molar-refractivity contribution in [1.82, 2.24) is 19.8 Å². The number of aromatic nitrogens is 2. The van der Waals surface area contributed by atoms with E-state index in [9.17, 15) is 4.39 Å². The molecule has 0 spiro atoms. The van der Waals surface area contributed by atoms with Crippen LogP contribution in [0.5, 0.6) is 5.75 Å². The molecule has 0 bridgehead atoms. The number of piperidine rings is 1. The fourth-order valence-electron chi connectivity index (χ4n) is 3.45. The van der Waals surface area contributed by atoms with Gasteiger partial charge in [-0.2, -0.15) is 0 Å². The first-order valence-electron chi connectivity index (χ1n) is 9.42. The summed E-state index contributed by atoms with van der Waals surface area (Å²) in [5.41, 5.74) is 0. The van der Waals surface area contributed by atoms with Gasteiger partial charge in [-0.15, -0.1) is 24.0 Å². The molecule has 0 aliphatic carbocycles. The Morgan fingerprint density at radius 2 is 2.14 bits per heavy atom. The standard InChI is InChI=1S/C20H28FN5O.HI/c1-15-8-10-25(13-19(15)26-11-9-23-14-26)20(22-3)24-12-16(2)27-18-6-4-17(21)5-7-18;/h4-7,9,11,14-16,19H,8,10,12-13H2,1-3H3,(H,22,24);1H. The summed E-state index contributed by atoms with van der Waals surface area (Å²) in [4.78, 5) is 10.9. The van der Waals surface area contributed by atoms with Crippen LogP contribution in [0.15, 0.2) is 48.0 Å². The molecule has 6 nitrogen and oxygen atoms in total. The van der Waals surface area contributed by atoms with E-state index in [1.807, 2.05) is 25.6 Å². The number of rotatable bonds is 5. The number of benzene rings is 1. The Kier molecular flexibility index (Phi) is 8.53. The van der Waals surface area contributed by atoms with Gasteiger partial charge in [-0.25, -0.2) is 9.37 Å². The fourth-order valence-corrected chi connectivity index (χ4v) is 3.45. The van der Waals surface area contributed by atoms with Gasteiger partial charge in [-0.05, 0) is 43.5 Å². The van der Waals surface area contributed by atoms with Crippen LogP contribution < -0.4 is 10.1 Å². The van der Waals surface area contributed by atoms with Crippen molar-refractivity contribution in [3.8, 4) is 5.75 Å². The molecule has 1 aliphatic rings. The maximum Gasteiger partial charge on any atom is 0.193 e. The highest BCUT2D eigenvalue weighted by Gasteiger charge is 2.29. The number of guanidine groups is 1. The topological polar surface area (TPSA) is 54.7 Å². The lowest BCUT2D eigenvalue weighted by Gasteiger charge is -2.39. The molecule has 3 atom stereocenters. The van der Waals surface area contributed by atoms with Crippen molar-refractivity contribution in [3.05, 3.63) is 48.8 Å². The van der Waals surface area contributed by atoms with Crippen LogP contribution in [-0.2, 0) is 0 Å². The van der Waals surface area contributed by atoms with E-state index in [2.05, 4.69) is 31.7 Å². The Hall–Kier alpha value is -1.84. The minimum Gasteiger partial charge on any atom is -0.489 e. The number of aliphatic imine (C=N–C) groups is 1. The third-order valence-electron chi connectivity index (χ3n) is 5.04. The molecule has 2 heterocycles. The van der Waals surface area contributed by atoms with E-state index >= 15 is 0 Å². The zero-order valence-electron chi connectivity index (χ0n) is 16.6. The number of hydrogen-bond donors (Lipinski definition) is 1. The number of imidazole rings is 1. The largest absolute Gasteiger partial charge is 0.489 e. The molecule has 8 heteroatoms. The number of hydrogen-bond acceptors (Lipinski definition) is 3. The van der Waals surface area contributed by atoms with Crippen LogP contribution in [0.1, 0.15) is 26.3 Å². The average molecular weight is 501 g/mol. The number of nitrogens with one attached hydrogen (secondary N) is 1. The van der Waals surface area contributed by atoms with Crippen molar-refractivity contribution in [2.24, 2.45) is 10.9 Å². The van der Waals surface area contributed by atoms with E-state index in [1.165, 1.54) is 12.1 Å². The van der Waals surface area contributed by atoms with Gasteiger partial charge < -0.3 is 19.5 Å². The Balaban J connectivity index is 0.00000280. The van der Waals surface area contributed by atoms with E-state index in [-0.39, 0.29) is 35.9 Å². The van der Waals surface area contributed by atoms with Crippen molar-refractivity contribution < 1.29 is 9.13 Å². The van der Waals surface area contributed by atoms with Crippen molar-refractivity contribution in [1.29, 1.82) is 0 Å². The summed E-state index contributed by atoms with van der Waals surface area (Å²) in [6.07, 6.45) is 6.78. The fraction of sp³-hybridized carbons (Fsp3) is 0.500.